The molecule has 144 valence electrons. The molecule has 27 heavy (non-hydrogen) atoms. The number of likely N-dealkylation sites (N-methyl/N-ethyl adjacent to an activating group) is 1. The normalized spacial score (nSPS) is 13.3. The molecule has 0 aromatic heterocycles. The van der Waals surface area contributed by atoms with Gasteiger partial charge in [-0.2, -0.15) is 0 Å². The zero-order valence-electron chi connectivity index (χ0n) is 15.2. The number of carbonyl (C=O) groups is 1. The van der Waals surface area contributed by atoms with Crippen LogP contribution in [0.25, 0.3) is 0 Å². The summed E-state index contributed by atoms with van der Waals surface area (Å²) in [7, 11) is 1.58. The van der Waals surface area contributed by atoms with E-state index in [9.17, 15) is 9.90 Å². The quantitative estimate of drug-likeness (QED) is 0.766. The Morgan fingerprint density at radius 1 is 1.11 bits per heavy atom. The number of benzene rings is 2. The van der Waals surface area contributed by atoms with Gasteiger partial charge < -0.3 is 29.0 Å². The summed E-state index contributed by atoms with van der Waals surface area (Å²) in [6.07, 6.45) is -1.30. The number of ether oxygens (including phenoxy) is 4. The second kappa shape index (κ2) is 9.25. The van der Waals surface area contributed by atoms with Gasteiger partial charge in [0.15, 0.2) is 11.5 Å². The van der Waals surface area contributed by atoms with Crippen LogP contribution in [0, 0.1) is 0 Å². The minimum atomic E-state index is -0.812. The number of hydrogen-bond acceptors (Lipinski definition) is 6. The number of hydrogen-bond donors (Lipinski definition) is 1. The Balaban J connectivity index is 1.35. The number of amides is 1. The van der Waals surface area contributed by atoms with Gasteiger partial charge in [-0.05, 0) is 23.3 Å². The van der Waals surface area contributed by atoms with Crippen molar-refractivity contribution < 1.29 is 28.8 Å². The summed E-state index contributed by atoms with van der Waals surface area (Å²) in [6, 6.07) is 15.0. The highest BCUT2D eigenvalue weighted by Gasteiger charge is 2.16. The third-order valence-corrected chi connectivity index (χ3v) is 4.02. The van der Waals surface area contributed by atoms with Crippen LogP contribution in [0.3, 0.4) is 0 Å². The summed E-state index contributed by atoms with van der Waals surface area (Å²) in [5.41, 5.74) is 1.83. The van der Waals surface area contributed by atoms with E-state index in [4.69, 9.17) is 18.9 Å². The third-order valence-electron chi connectivity index (χ3n) is 4.02. The molecule has 0 bridgehead atoms. The topological polar surface area (TPSA) is 77.5 Å². The Kier molecular flexibility index (Phi) is 6.51. The van der Waals surface area contributed by atoms with E-state index in [-0.39, 0.29) is 26.6 Å². The van der Waals surface area contributed by atoms with Crippen LogP contribution in [0.5, 0.6) is 11.5 Å². The lowest BCUT2D eigenvalue weighted by Gasteiger charge is -2.20. The van der Waals surface area contributed by atoms with E-state index in [1.165, 1.54) is 4.90 Å². The van der Waals surface area contributed by atoms with E-state index in [1.807, 2.05) is 48.5 Å². The van der Waals surface area contributed by atoms with Gasteiger partial charge in [-0.1, -0.05) is 36.4 Å². The first-order valence-electron chi connectivity index (χ1n) is 8.68. The van der Waals surface area contributed by atoms with Crippen molar-refractivity contribution in [2.24, 2.45) is 0 Å². The number of fused-ring (bicyclic) bond motifs is 1. The largest absolute Gasteiger partial charge is 0.454 e. The average Bonchev–Trinajstić information content (AvgIpc) is 3.14. The van der Waals surface area contributed by atoms with Crippen LogP contribution in [0.15, 0.2) is 48.5 Å². The molecule has 1 unspecified atom stereocenters. The van der Waals surface area contributed by atoms with Crippen molar-refractivity contribution >= 4 is 6.09 Å². The Labute approximate surface area is 158 Å². The van der Waals surface area contributed by atoms with Gasteiger partial charge >= 0.3 is 6.09 Å². The Morgan fingerprint density at radius 3 is 2.70 bits per heavy atom. The van der Waals surface area contributed by atoms with Crippen LogP contribution in [-0.2, 0) is 22.7 Å². The molecular weight excluding hydrogens is 350 g/mol. The molecule has 1 N–H and O–H groups in total. The number of rotatable bonds is 8. The molecule has 1 atom stereocenters. The Morgan fingerprint density at radius 2 is 1.89 bits per heavy atom. The van der Waals surface area contributed by atoms with Crippen molar-refractivity contribution in [1.82, 2.24) is 4.90 Å². The zero-order valence-corrected chi connectivity index (χ0v) is 15.2. The monoisotopic (exact) mass is 373 g/mol. The second-order valence-electron chi connectivity index (χ2n) is 6.28. The van der Waals surface area contributed by atoms with Crippen molar-refractivity contribution in [2.45, 2.75) is 19.3 Å². The first kappa shape index (κ1) is 19.0. The summed E-state index contributed by atoms with van der Waals surface area (Å²) >= 11 is 0. The molecule has 0 radical (unpaired) electrons. The number of aliphatic hydroxyl groups is 1. The average molecular weight is 373 g/mol. The van der Waals surface area contributed by atoms with E-state index in [2.05, 4.69) is 0 Å². The van der Waals surface area contributed by atoms with Gasteiger partial charge in [0.1, 0.15) is 6.61 Å². The molecule has 0 saturated carbocycles. The number of nitrogens with zero attached hydrogens (tertiary/aromatic N) is 1. The molecule has 2 aromatic rings. The molecule has 7 heteroatoms. The summed E-state index contributed by atoms with van der Waals surface area (Å²) in [6.45, 7) is 0.973. The third kappa shape index (κ3) is 5.60. The summed E-state index contributed by atoms with van der Waals surface area (Å²) in [5, 5.41) is 10.1. The van der Waals surface area contributed by atoms with Crippen LogP contribution in [0.4, 0.5) is 4.79 Å². The van der Waals surface area contributed by atoms with Gasteiger partial charge in [0.05, 0.1) is 25.9 Å². The second-order valence-corrected chi connectivity index (χ2v) is 6.28. The van der Waals surface area contributed by atoms with Gasteiger partial charge in [-0.25, -0.2) is 4.79 Å². The van der Waals surface area contributed by atoms with E-state index >= 15 is 0 Å². The molecule has 3 rings (SSSR count). The van der Waals surface area contributed by atoms with Crippen molar-refractivity contribution in [1.29, 1.82) is 0 Å². The molecule has 1 amide bonds. The van der Waals surface area contributed by atoms with Crippen molar-refractivity contribution in [3.8, 4) is 11.5 Å². The fourth-order valence-corrected chi connectivity index (χ4v) is 2.62. The molecule has 0 aliphatic carbocycles. The number of carbonyl (C=O) groups excluding carboxylic acids is 1. The maximum absolute atomic E-state index is 12.0. The summed E-state index contributed by atoms with van der Waals surface area (Å²) < 4.78 is 21.3. The lowest BCUT2D eigenvalue weighted by Crippen LogP contribution is -2.36. The lowest BCUT2D eigenvalue weighted by atomic mass is 10.2. The summed E-state index contributed by atoms with van der Waals surface area (Å²) in [5.74, 6) is 1.41. The molecular formula is C20H23NO6. The lowest BCUT2D eigenvalue weighted by molar-refractivity contribution is 0.0113. The van der Waals surface area contributed by atoms with Gasteiger partial charge in [0, 0.05) is 7.05 Å². The Bertz CT molecular complexity index is 751. The molecule has 1 heterocycles. The predicted octanol–water partition coefficient (Wildman–Crippen LogP) is 2.56. The van der Waals surface area contributed by atoms with Crippen LogP contribution in [-0.4, -0.2) is 49.2 Å². The van der Waals surface area contributed by atoms with Crippen LogP contribution >= 0.6 is 0 Å². The van der Waals surface area contributed by atoms with Gasteiger partial charge in [-0.3, -0.25) is 0 Å². The molecule has 0 saturated heterocycles. The van der Waals surface area contributed by atoms with Crippen LogP contribution < -0.4 is 9.47 Å². The summed E-state index contributed by atoms with van der Waals surface area (Å²) in [4.78, 5) is 13.3. The van der Waals surface area contributed by atoms with E-state index in [0.717, 1.165) is 16.9 Å². The molecule has 2 aromatic carbocycles. The smallest absolute Gasteiger partial charge is 0.409 e. The number of aliphatic hydroxyl groups excluding tert-OH is 1. The highest BCUT2D eigenvalue weighted by atomic mass is 16.7. The van der Waals surface area contributed by atoms with E-state index in [1.54, 1.807) is 7.05 Å². The van der Waals surface area contributed by atoms with Gasteiger partial charge in [0.25, 0.3) is 0 Å². The van der Waals surface area contributed by atoms with Crippen LogP contribution in [0.2, 0.25) is 0 Å². The zero-order chi connectivity index (χ0) is 19.1. The van der Waals surface area contributed by atoms with E-state index < -0.39 is 12.2 Å². The predicted molar refractivity (Wildman–Crippen MR) is 97.5 cm³/mol. The first-order chi connectivity index (χ1) is 13.1. The maximum Gasteiger partial charge on any atom is 0.409 e. The maximum atomic E-state index is 12.0. The molecule has 1 aliphatic rings. The molecule has 0 fully saturated rings. The van der Waals surface area contributed by atoms with Crippen molar-refractivity contribution in [2.75, 3.05) is 27.0 Å². The standard InChI is InChI=1S/C20H23NO6/c1-21(20(23)25-12-15-5-3-2-4-6-15)10-17(22)13-24-11-16-7-8-18-19(9-16)27-14-26-18/h2-9,17,22H,10-14H2,1H3. The minimum Gasteiger partial charge on any atom is -0.454 e. The molecule has 0 spiro atoms. The van der Waals surface area contributed by atoms with Gasteiger partial charge in [0.2, 0.25) is 6.79 Å². The minimum absolute atomic E-state index is 0.102. The molecule has 1 aliphatic heterocycles. The van der Waals surface area contributed by atoms with Crippen LogP contribution in [0.1, 0.15) is 11.1 Å². The SMILES string of the molecule is CN(CC(O)COCc1ccc2c(c1)OCO2)C(=O)OCc1ccccc1. The fraction of sp³-hybridized carbons (Fsp3) is 0.350. The van der Waals surface area contributed by atoms with E-state index in [0.29, 0.717) is 12.4 Å². The highest BCUT2D eigenvalue weighted by molar-refractivity contribution is 5.67. The Hall–Kier alpha value is -2.77. The van der Waals surface area contributed by atoms with Crippen molar-refractivity contribution in [3.63, 3.8) is 0 Å². The fourth-order valence-electron chi connectivity index (χ4n) is 2.62. The highest BCUT2D eigenvalue weighted by Crippen LogP contribution is 2.32. The van der Waals surface area contributed by atoms with Gasteiger partial charge in [-0.15, -0.1) is 0 Å². The van der Waals surface area contributed by atoms with Crippen molar-refractivity contribution in [3.05, 3.63) is 59.7 Å². The first-order valence-corrected chi connectivity index (χ1v) is 8.68. The molecule has 7 nitrogen and oxygen atoms in total.